The van der Waals surface area contributed by atoms with Crippen molar-refractivity contribution in [1.29, 1.82) is 0 Å². The van der Waals surface area contributed by atoms with Crippen molar-refractivity contribution in [3.05, 3.63) is 23.8 Å². The van der Waals surface area contributed by atoms with Gasteiger partial charge in [0.05, 0.1) is 32.8 Å². The predicted molar refractivity (Wildman–Crippen MR) is 62.1 cm³/mol. The maximum absolute atomic E-state index is 10.9. The average molecular weight is 254 g/mol. The number of aromatic carboxylic acids is 1. The number of hydrogen-bond donors (Lipinski definition) is 1. The molecular weight excluding hydrogens is 240 g/mol. The summed E-state index contributed by atoms with van der Waals surface area (Å²) < 4.78 is 14.8. The highest BCUT2D eigenvalue weighted by molar-refractivity contribution is 5.88. The summed E-state index contributed by atoms with van der Waals surface area (Å²) in [6.45, 7) is 0.0894. The second-order valence-corrected chi connectivity index (χ2v) is 3.35. The van der Waals surface area contributed by atoms with Crippen LogP contribution in [-0.4, -0.2) is 37.9 Å². The van der Waals surface area contributed by atoms with E-state index in [1.165, 1.54) is 32.4 Å². The van der Waals surface area contributed by atoms with Crippen LogP contribution in [0.4, 0.5) is 0 Å². The van der Waals surface area contributed by atoms with E-state index in [1.807, 2.05) is 0 Å². The van der Waals surface area contributed by atoms with Gasteiger partial charge in [0.1, 0.15) is 0 Å². The first-order valence-electron chi connectivity index (χ1n) is 5.19. The highest BCUT2D eigenvalue weighted by Crippen LogP contribution is 2.28. The Hall–Kier alpha value is -2.24. The summed E-state index contributed by atoms with van der Waals surface area (Å²) in [7, 11) is 2.73. The average Bonchev–Trinajstić information content (AvgIpc) is 2.38. The molecule has 0 aliphatic carbocycles. The molecule has 0 aromatic heterocycles. The number of carboxylic acids is 1. The maximum atomic E-state index is 10.9. The number of ether oxygens (including phenoxy) is 3. The minimum absolute atomic E-state index is 0.0803. The van der Waals surface area contributed by atoms with Gasteiger partial charge in [-0.15, -0.1) is 0 Å². The van der Waals surface area contributed by atoms with E-state index in [9.17, 15) is 9.59 Å². The molecule has 6 nitrogen and oxygen atoms in total. The minimum Gasteiger partial charge on any atom is -0.493 e. The van der Waals surface area contributed by atoms with Crippen molar-refractivity contribution in [2.24, 2.45) is 0 Å². The number of methoxy groups -OCH3 is 2. The Kier molecular flexibility index (Phi) is 4.98. The Balaban J connectivity index is 2.75. The van der Waals surface area contributed by atoms with Crippen LogP contribution in [0, 0.1) is 0 Å². The second kappa shape index (κ2) is 6.48. The molecular formula is C12H14O6. The third kappa shape index (κ3) is 3.65. The van der Waals surface area contributed by atoms with Crippen LogP contribution in [0.2, 0.25) is 0 Å². The zero-order valence-corrected chi connectivity index (χ0v) is 10.1. The molecule has 0 aliphatic rings. The van der Waals surface area contributed by atoms with Gasteiger partial charge in [-0.3, -0.25) is 4.79 Å². The molecule has 0 spiro atoms. The first-order chi connectivity index (χ1) is 8.58. The summed E-state index contributed by atoms with van der Waals surface area (Å²) in [5.74, 6) is -0.773. The van der Waals surface area contributed by atoms with Gasteiger partial charge in [-0.2, -0.15) is 0 Å². The molecule has 0 radical (unpaired) electrons. The summed E-state index contributed by atoms with van der Waals surface area (Å²) in [5.41, 5.74) is 0.0869. The molecule has 1 N–H and O–H groups in total. The molecule has 0 saturated carbocycles. The highest BCUT2D eigenvalue weighted by atomic mass is 16.5. The van der Waals surface area contributed by atoms with E-state index in [0.717, 1.165) is 0 Å². The zero-order valence-electron chi connectivity index (χ0n) is 10.1. The van der Waals surface area contributed by atoms with Crippen molar-refractivity contribution in [3.63, 3.8) is 0 Å². The number of carbonyl (C=O) groups is 2. The molecule has 1 aromatic carbocycles. The summed E-state index contributed by atoms with van der Waals surface area (Å²) in [4.78, 5) is 21.7. The Labute approximate surface area is 104 Å². The van der Waals surface area contributed by atoms with Crippen LogP contribution in [-0.2, 0) is 9.53 Å². The minimum atomic E-state index is -1.06. The van der Waals surface area contributed by atoms with Crippen molar-refractivity contribution in [2.75, 3.05) is 20.8 Å². The highest BCUT2D eigenvalue weighted by Gasteiger charge is 2.10. The van der Waals surface area contributed by atoms with Crippen molar-refractivity contribution in [3.8, 4) is 11.5 Å². The zero-order chi connectivity index (χ0) is 13.5. The van der Waals surface area contributed by atoms with E-state index in [1.54, 1.807) is 0 Å². The lowest BCUT2D eigenvalue weighted by atomic mass is 10.2. The van der Waals surface area contributed by atoms with Gasteiger partial charge >= 0.3 is 11.9 Å². The summed E-state index contributed by atoms with van der Waals surface area (Å²) in [6, 6.07) is 4.25. The van der Waals surface area contributed by atoms with Gasteiger partial charge in [0, 0.05) is 0 Å². The normalized spacial score (nSPS) is 9.67. The lowest BCUT2D eigenvalue weighted by Crippen LogP contribution is -2.08. The van der Waals surface area contributed by atoms with Crippen molar-refractivity contribution in [1.82, 2.24) is 0 Å². The Morgan fingerprint density at radius 3 is 2.50 bits per heavy atom. The Bertz CT molecular complexity index is 440. The van der Waals surface area contributed by atoms with Crippen LogP contribution in [0.1, 0.15) is 16.8 Å². The molecule has 18 heavy (non-hydrogen) atoms. The standard InChI is InChI=1S/C12H14O6/c1-16-9-4-3-8(12(14)15)7-10(9)18-6-5-11(13)17-2/h3-4,7H,5-6H2,1-2H3,(H,14,15). The molecule has 0 unspecified atom stereocenters. The first kappa shape index (κ1) is 13.8. The number of carboxylic acid groups (broad SMARTS) is 1. The molecule has 98 valence electrons. The summed E-state index contributed by atoms with van der Waals surface area (Å²) in [5, 5.41) is 8.85. The molecule has 0 amide bonds. The van der Waals surface area contributed by atoms with Gasteiger partial charge in [-0.05, 0) is 18.2 Å². The predicted octanol–water partition coefficient (Wildman–Crippen LogP) is 1.34. The van der Waals surface area contributed by atoms with Gasteiger partial charge in [-0.1, -0.05) is 0 Å². The monoisotopic (exact) mass is 254 g/mol. The lowest BCUT2D eigenvalue weighted by molar-refractivity contribution is -0.141. The van der Waals surface area contributed by atoms with Crippen molar-refractivity contribution < 1.29 is 28.9 Å². The maximum Gasteiger partial charge on any atom is 0.335 e. The van der Waals surface area contributed by atoms with Crippen LogP contribution in [0.5, 0.6) is 11.5 Å². The number of rotatable bonds is 6. The Morgan fingerprint density at radius 1 is 1.22 bits per heavy atom. The third-order valence-electron chi connectivity index (χ3n) is 2.20. The molecule has 6 heteroatoms. The van der Waals surface area contributed by atoms with E-state index in [-0.39, 0.29) is 24.3 Å². The van der Waals surface area contributed by atoms with Gasteiger partial charge in [-0.25, -0.2) is 4.79 Å². The number of hydrogen-bond acceptors (Lipinski definition) is 5. The fourth-order valence-electron chi connectivity index (χ4n) is 1.27. The van der Waals surface area contributed by atoms with Crippen LogP contribution in [0.15, 0.2) is 18.2 Å². The van der Waals surface area contributed by atoms with Crippen LogP contribution < -0.4 is 9.47 Å². The van der Waals surface area contributed by atoms with Crippen molar-refractivity contribution in [2.45, 2.75) is 6.42 Å². The topological polar surface area (TPSA) is 82.1 Å². The fraction of sp³-hybridized carbons (Fsp3) is 0.333. The number of carbonyl (C=O) groups excluding carboxylic acids is 1. The van der Waals surface area contributed by atoms with Gasteiger partial charge < -0.3 is 19.3 Å². The molecule has 0 aliphatic heterocycles. The lowest BCUT2D eigenvalue weighted by Gasteiger charge is -2.10. The van der Waals surface area contributed by atoms with E-state index >= 15 is 0 Å². The van der Waals surface area contributed by atoms with E-state index < -0.39 is 11.9 Å². The van der Waals surface area contributed by atoms with Gasteiger partial charge in [0.25, 0.3) is 0 Å². The van der Waals surface area contributed by atoms with Crippen LogP contribution in [0.3, 0.4) is 0 Å². The van der Waals surface area contributed by atoms with E-state index in [4.69, 9.17) is 14.6 Å². The third-order valence-corrected chi connectivity index (χ3v) is 2.20. The Morgan fingerprint density at radius 2 is 1.94 bits per heavy atom. The summed E-state index contributed by atoms with van der Waals surface area (Å²) in [6.07, 6.45) is 0.0803. The van der Waals surface area contributed by atoms with E-state index in [2.05, 4.69) is 4.74 Å². The van der Waals surface area contributed by atoms with Gasteiger partial charge in [0.2, 0.25) is 0 Å². The SMILES string of the molecule is COC(=O)CCOc1cc(C(=O)O)ccc1OC. The van der Waals surface area contributed by atoms with Crippen LogP contribution in [0.25, 0.3) is 0 Å². The smallest absolute Gasteiger partial charge is 0.335 e. The first-order valence-corrected chi connectivity index (χ1v) is 5.19. The molecule has 1 aromatic rings. The van der Waals surface area contributed by atoms with Crippen molar-refractivity contribution >= 4 is 11.9 Å². The van der Waals surface area contributed by atoms with E-state index in [0.29, 0.717) is 5.75 Å². The molecule has 1 rings (SSSR count). The molecule has 0 bridgehead atoms. The number of benzene rings is 1. The molecule has 0 saturated heterocycles. The molecule has 0 atom stereocenters. The summed E-state index contributed by atoms with van der Waals surface area (Å²) >= 11 is 0. The largest absolute Gasteiger partial charge is 0.493 e. The van der Waals surface area contributed by atoms with Gasteiger partial charge in [0.15, 0.2) is 11.5 Å². The quantitative estimate of drug-likeness (QED) is 0.771. The van der Waals surface area contributed by atoms with Crippen LogP contribution >= 0.6 is 0 Å². The fourth-order valence-corrected chi connectivity index (χ4v) is 1.27. The molecule has 0 fully saturated rings. The second-order valence-electron chi connectivity index (χ2n) is 3.35. The molecule has 0 heterocycles. The number of esters is 1.